The van der Waals surface area contributed by atoms with Crippen LogP contribution >= 0.6 is 27.3 Å². The third kappa shape index (κ3) is 4.10. The Kier molecular flexibility index (Phi) is 6.15. The van der Waals surface area contributed by atoms with E-state index in [0.717, 1.165) is 14.7 Å². The number of nitrogens with zero attached hydrogens (tertiary/aromatic N) is 2. The molecule has 0 radical (unpaired) electrons. The van der Waals surface area contributed by atoms with Gasteiger partial charge < -0.3 is 18.8 Å². The molecule has 1 heterocycles. The van der Waals surface area contributed by atoms with Crippen molar-refractivity contribution in [3.05, 3.63) is 51.2 Å². The van der Waals surface area contributed by atoms with Gasteiger partial charge in [0, 0.05) is 10.0 Å². The zero-order valence-corrected chi connectivity index (χ0v) is 17.8. The van der Waals surface area contributed by atoms with E-state index in [1.165, 1.54) is 32.7 Å². The molecule has 0 spiro atoms. The van der Waals surface area contributed by atoms with Crippen LogP contribution < -0.4 is 14.3 Å². The normalized spacial score (nSPS) is 11.5. The average molecular weight is 465 g/mol. The maximum Gasteiger partial charge on any atom is 0.325 e. The number of hydrogen-bond donors (Lipinski definition) is 0. The summed E-state index contributed by atoms with van der Waals surface area (Å²) in [5.74, 6) is 0.0746. The number of thiazole rings is 1. The number of rotatable bonds is 5. The summed E-state index contributed by atoms with van der Waals surface area (Å²) >= 11 is 4.74. The number of carbonyl (C=O) groups excluding carboxylic acids is 2. The van der Waals surface area contributed by atoms with Crippen molar-refractivity contribution in [3.63, 3.8) is 0 Å². The summed E-state index contributed by atoms with van der Waals surface area (Å²) in [5.41, 5.74) is 1.14. The molecular formula is C19H17BrN2O5S. The van der Waals surface area contributed by atoms with Crippen molar-refractivity contribution in [2.45, 2.75) is 6.54 Å². The SMILES string of the molecule is COC(=O)Cn1c(=NC(=O)c2ccc(OC)c(OC)c2)sc2cc(Br)ccc21. The Morgan fingerprint density at radius 2 is 1.82 bits per heavy atom. The van der Waals surface area contributed by atoms with Crippen LogP contribution in [0.2, 0.25) is 0 Å². The molecule has 1 amide bonds. The van der Waals surface area contributed by atoms with Crippen LogP contribution in [0.3, 0.4) is 0 Å². The quantitative estimate of drug-likeness (QED) is 0.540. The highest BCUT2D eigenvalue weighted by Crippen LogP contribution is 2.28. The van der Waals surface area contributed by atoms with Gasteiger partial charge in [-0.15, -0.1) is 0 Å². The molecule has 0 atom stereocenters. The molecule has 0 aliphatic rings. The number of ether oxygens (including phenoxy) is 3. The number of carbonyl (C=O) groups is 2. The summed E-state index contributed by atoms with van der Waals surface area (Å²) in [7, 11) is 4.34. The maximum absolute atomic E-state index is 12.7. The van der Waals surface area contributed by atoms with Gasteiger partial charge in [0.15, 0.2) is 16.3 Å². The van der Waals surface area contributed by atoms with Crippen LogP contribution in [0.4, 0.5) is 0 Å². The fourth-order valence-corrected chi connectivity index (χ4v) is 4.18. The lowest BCUT2D eigenvalue weighted by molar-refractivity contribution is -0.141. The van der Waals surface area contributed by atoms with Crippen LogP contribution in [-0.2, 0) is 16.1 Å². The number of hydrogen-bond acceptors (Lipinski definition) is 6. The average Bonchev–Trinajstić information content (AvgIpc) is 3.02. The van der Waals surface area contributed by atoms with Crippen molar-refractivity contribution in [1.82, 2.24) is 4.57 Å². The molecule has 0 fully saturated rings. The Morgan fingerprint density at radius 3 is 2.50 bits per heavy atom. The van der Waals surface area contributed by atoms with Gasteiger partial charge in [0.05, 0.1) is 31.5 Å². The fraction of sp³-hybridized carbons (Fsp3) is 0.211. The van der Waals surface area contributed by atoms with E-state index in [1.807, 2.05) is 18.2 Å². The van der Waals surface area contributed by atoms with E-state index in [1.54, 1.807) is 22.8 Å². The molecule has 2 aromatic carbocycles. The number of amides is 1. The molecule has 3 aromatic rings. The Morgan fingerprint density at radius 1 is 1.07 bits per heavy atom. The van der Waals surface area contributed by atoms with Crippen molar-refractivity contribution in [3.8, 4) is 11.5 Å². The highest BCUT2D eigenvalue weighted by atomic mass is 79.9. The summed E-state index contributed by atoms with van der Waals surface area (Å²) in [4.78, 5) is 29.2. The van der Waals surface area contributed by atoms with Gasteiger partial charge >= 0.3 is 5.97 Å². The number of fused-ring (bicyclic) bond motifs is 1. The van der Waals surface area contributed by atoms with E-state index in [-0.39, 0.29) is 6.54 Å². The largest absolute Gasteiger partial charge is 0.493 e. The number of halogens is 1. The van der Waals surface area contributed by atoms with E-state index in [4.69, 9.17) is 14.2 Å². The summed E-state index contributed by atoms with van der Waals surface area (Å²) in [6, 6.07) is 10.5. The fourth-order valence-electron chi connectivity index (χ4n) is 2.60. The molecule has 0 unspecified atom stereocenters. The highest BCUT2D eigenvalue weighted by molar-refractivity contribution is 9.10. The predicted octanol–water partition coefficient (Wildman–Crippen LogP) is 3.40. The first kappa shape index (κ1) is 20.1. The van der Waals surface area contributed by atoms with Crippen molar-refractivity contribution in [2.75, 3.05) is 21.3 Å². The Balaban J connectivity index is 2.11. The molecular weight excluding hydrogens is 448 g/mol. The van der Waals surface area contributed by atoms with Gasteiger partial charge in [0.1, 0.15) is 6.54 Å². The highest BCUT2D eigenvalue weighted by Gasteiger charge is 2.14. The van der Waals surface area contributed by atoms with Crippen molar-refractivity contribution in [2.24, 2.45) is 4.99 Å². The Hall–Kier alpha value is -2.65. The summed E-state index contributed by atoms with van der Waals surface area (Å²) in [6.07, 6.45) is 0. The van der Waals surface area contributed by atoms with E-state index in [9.17, 15) is 9.59 Å². The third-order valence-electron chi connectivity index (χ3n) is 3.99. The topological polar surface area (TPSA) is 79.1 Å². The Bertz CT molecular complexity index is 1120. The number of methoxy groups -OCH3 is 3. The van der Waals surface area contributed by atoms with Crippen LogP contribution in [0.15, 0.2) is 45.9 Å². The lowest BCUT2D eigenvalue weighted by Crippen LogP contribution is -2.22. The number of benzene rings is 2. The molecule has 146 valence electrons. The predicted molar refractivity (Wildman–Crippen MR) is 109 cm³/mol. The van der Waals surface area contributed by atoms with E-state index in [0.29, 0.717) is 21.9 Å². The first-order valence-corrected chi connectivity index (χ1v) is 9.74. The van der Waals surface area contributed by atoms with Crippen LogP contribution in [-0.4, -0.2) is 37.8 Å². The zero-order chi connectivity index (χ0) is 20.3. The van der Waals surface area contributed by atoms with Crippen molar-refractivity contribution >= 4 is 49.4 Å². The van der Waals surface area contributed by atoms with E-state index in [2.05, 4.69) is 20.9 Å². The minimum absolute atomic E-state index is 0.0455. The van der Waals surface area contributed by atoms with Gasteiger partial charge in [0.25, 0.3) is 5.91 Å². The van der Waals surface area contributed by atoms with Crippen molar-refractivity contribution < 1.29 is 23.8 Å². The van der Waals surface area contributed by atoms with Crippen LogP contribution in [0.1, 0.15) is 10.4 Å². The monoisotopic (exact) mass is 464 g/mol. The minimum atomic E-state index is -0.454. The second kappa shape index (κ2) is 8.57. The molecule has 0 saturated carbocycles. The first-order valence-electron chi connectivity index (χ1n) is 8.13. The van der Waals surface area contributed by atoms with E-state index < -0.39 is 11.9 Å². The standard InChI is InChI=1S/C19H17BrN2O5S/c1-25-14-7-4-11(8-15(14)26-2)18(24)21-19-22(10-17(23)27-3)13-6-5-12(20)9-16(13)28-19/h4-9H,10H2,1-3H3. The van der Waals surface area contributed by atoms with Gasteiger partial charge in [-0.1, -0.05) is 27.3 Å². The van der Waals surface area contributed by atoms with E-state index >= 15 is 0 Å². The lowest BCUT2D eigenvalue weighted by Gasteiger charge is -2.07. The van der Waals surface area contributed by atoms with Gasteiger partial charge in [-0.3, -0.25) is 9.59 Å². The smallest absolute Gasteiger partial charge is 0.325 e. The zero-order valence-electron chi connectivity index (χ0n) is 15.4. The maximum atomic E-state index is 12.7. The van der Waals surface area contributed by atoms with Gasteiger partial charge in [-0.25, -0.2) is 0 Å². The molecule has 7 nitrogen and oxygen atoms in total. The summed E-state index contributed by atoms with van der Waals surface area (Å²) in [5, 5.41) is 0. The number of esters is 1. The summed E-state index contributed by atoms with van der Waals surface area (Å²) in [6.45, 7) is -0.0455. The molecule has 1 aromatic heterocycles. The molecule has 3 rings (SSSR count). The van der Waals surface area contributed by atoms with Crippen LogP contribution in [0.5, 0.6) is 11.5 Å². The molecule has 9 heteroatoms. The third-order valence-corrected chi connectivity index (χ3v) is 5.52. The Labute approximate surface area is 173 Å². The number of aromatic nitrogens is 1. The second-order valence-electron chi connectivity index (χ2n) is 5.65. The second-order valence-corrected chi connectivity index (χ2v) is 7.57. The van der Waals surface area contributed by atoms with Crippen molar-refractivity contribution in [1.29, 1.82) is 0 Å². The molecule has 0 aliphatic heterocycles. The summed E-state index contributed by atoms with van der Waals surface area (Å²) < 4.78 is 18.7. The molecule has 0 N–H and O–H groups in total. The van der Waals surface area contributed by atoms with Gasteiger partial charge in [0.2, 0.25) is 0 Å². The van der Waals surface area contributed by atoms with Crippen LogP contribution in [0, 0.1) is 0 Å². The first-order chi connectivity index (χ1) is 13.5. The van der Waals surface area contributed by atoms with Gasteiger partial charge in [-0.2, -0.15) is 4.99 Å². The lowest BCUT2D eigenvalue weighted by atomic mass is 10.2. The molecule has 0 saturated heterocycles. The van der Waals surface area contributed by atoms with Crippen LogP contribution in [0.25, 0.3) is 10.2 Å². The molecule has 0 aliphatic carbocycles. The molecule has 0 bridgehead atoms. The minimum Gasteiger partial charge on any atom is -0.493 e. The van der Waals surface area contributed by atoms with Gasteiger partial charge in [-0.05, 0) is 36.4 Å². The molecule has 28 heavy (non-hydrogen) atoms.